The molecule has 0 fully saturated rings. The highest BCUT2D eigenvalue weighted by molar-refractivity contribution is 8.00. The quantitative estimate of drug-likeness (QED) is 0.829. The van der Waals surface area contributed by atoms with E-state index in [9.17, 15) is 9.59 Å². The summed E-state index contributed by atoms with van der Waals surface area (Å²) in [5.41, 5.74) is 0. The van der Waals surface area contributed by atoms with Gasteiger partial charge in [0, 0.05) is 13.0 Å². The third-order valence-electron chi connectivity index (χ3n) is 2.82. The summed E-state index contributed by atoms with van der Waals surface area (Å²) in [5.74, 6) is 0.509. The molecule has 8 nitrogen and oxygen atoms in total. The second-order valence-corrected chi connectivity index (χ2v) is 5.37. The van der Waals surface area contributed by atoms with Crippen LogP contribution in [0.5, 0.6) is 0 Å². The summed E-state index contributed by atoms with van der Waals surface area (Å²) in [6, 6.07) is 3.42. The molecule has 110 valence electrons. The number of aliphatic hydroxyl groups excluding tert-OH is 1. The van der Waals surface area contributed by atoms with Gasteiger partial charge in [-0.05, 0) is 18.6 Å². The molecule has 3 rings (SSSR count). The van der Waals surface area contributed by atoms with Gasteiger partial charge in [-0.2, -0.15) is 0 Å². The first kappa shape index (κ1) is 13.8. The van der Waals surface area contributed by atoms with Gasteiger partial charge in [-0.1, -0.05) is 0 Å². The van der Waals surface area contributed by atoms with Crippen LogP contribution in [0.1, 0.15) is 12.3 Å². The Morgan fingerprint density at radius 1 is 1.43 bits per heavy atom. The molecule has 21 heavy (non-hydrogen) atoms. The molecular formula is C12H12N4O4S. The first-order chi connectivity index (χ1) is 10.2. The maximum absolute atomic E-state index is 11.8. The van der Waals surface area contributed by atoms with Crippen LogP contribution in [0.15, 0.2) is 26.2 Å². The van der Waals surface area contributed by atoms with Gasteiger partial charge >= 0.3 is 5.76 Å². The highest BCUT2D eigenvalue weighted by Gasteiger charge is 2.19. The Balaban J connectivity index is 1.94. The van der Waals surface area contributed by atoms with Gasteiger partial charge in [0.05, 0.1) is 10.6 Å². The lowest BCUT2D eigenvalue weighted by Crippen LogP contribution is -2.21. The summed E-state index contributed by atoms with van der Waals surface area (Å²) in [6.45, 7) is -0.00306. The van der Waals surface area contributed by atoms with E-state index in [1.54, 1.807) is 12.1 Å². The van der Waals surface area contributed by atoms with Crippen molar-refractivity contribution in [2.45, 2.75) is 17.7 Å². The number of nitrogens with zero attached hydrogens (tertiary/aromatic N) is 3. The van der Waals surface area contributed by atoms with E-state index in [1.807, 2.05) is 0 Å². The first-order valence-corrected chi connectivity index (χ1v) is 7.30. The summed E-state index contributed by atoms with van der Waals surface area (Å²) in [5, 5.41) is 15.5. The topological polar surface area (TPSA) is 110 Å². The van der Waals surface area contributed by atoms with Crippen molar-refractivity contribution in [3.05, 3.63) is 28.6 Å². The van der Waals surface area contributed by atoms with Crippen LogP contribution in [-0.4, -0.2) is 38.1 Å². The molecule has 9 heteroatoms. The Hall–Kier alpha value is -2.13. The molecule has 2 aromatic rings. The molecular weight excluding hydrogens is 296 g/mol. The average Bonchev–Trinajstić information content (AvgIpc) is 2.85. The van der Waals surface area contributed by atoms with E-state index < -0.39 is 5.76 Å². The maximum atomic E-state index is 11.8. The molecule has 0 atom stereocenters. The largest absolute Gasteiger partial charge is 0.443 e. The fourth-order valence-electron chi connectivity index (χ4n) is 1.86. The summed E-state index contributed by atoms with van der Waals surface area (Å²) in [4.78, 5) is 28.2. The standard InChI is InChI=1S/C12H12N4O4S/c17-5-1-2-10-15-16(12(19)20-10)8-4-3-7-11(13-8)14-9(18)6-21-7/h3-4,17H,1-2,5-6H2,(H,13,14,18). The number of pyridine rings is 1. The molecule has 0 spiro atoms. The number of nitrogens with one attached hydrogen (secondary N) is 1. The third-order valence-corrected chi connectivity index (χ3v) is 3.86. The zero-order chi connectivity index (χ0) is 14.8. The Morgan fingerprint density at radius 2 is 2.29 bits per heavy atom. The van der Waals surface area contributed by atoms with Crippen LogP contribution < -0.4 is 11.1 Å². The van der Waals surface area contributed by atoms with E-state index in [4.69, 9.17) is 9.52 Å². The fraction of sp³-hybridized carbons (Fsp3) is 0.333. The van der Waals surface area contributed by atoms with Gasteiger partial charge in [0.1, 0.15) is 5.82 Å². The number of aromatic nitrogens is 3. The molecule has 0 bridgehead atoms. The minimum Gasteiger partial charge on any atom is -0.396 e. The van der Waals surface area contributed by atoms with Crippen LogP contribution >= 0.6 is 11.8 Å². The Labute approximate surface area is 123 Å². The Kier molecular flexibility index (Phi) is 3.76. The molecule has 0 aromatic carbocycles. The third kappa shape index (κ3) is 2.83. The average molecular weight is 308 g/mol. The minimum absolute atomic E-state index is 0.00306. The monoisotopic (exact) mass is 308 g/mol. The van der Waals surface area contributed by atoms with Gasteiger partial charge < -0.3 is 14.8 Å². The molecule has 0 saturated heterocycles. The molecule has 1 amide bonds. The van der Waals surface area contributed by atoms with Crippen molar-refractivity contribution < 1.29 is 14.3 Å². The zero-order valence-corrected chi connectivity index (χ0v) is 11.7. The van der Waals surface area contributed by atoms with Crippen LogP contribution in [0.2, 0.25) is 0 Å². The molecule has 1 aliphatic rings. The van der Waals surface area contributed by atoms with E-state index in [0.29, 0.717) is 24.4 Å². The van der Waals surface area contributed by atoms with E-state index >= 15 is 0 Å². The van der Waals surface area contributed by atoms with Crippen molar-refractivity contribution in [3.8, 4) is 5.82 Å². The Bertz CT molecular complexity index is 739. The van der Waals surface area contributed by atoms with Gasteiger partial charge in [0.15, 0.2) is 5.82 Å². The van der Waals surface area contributed by atoms with Crippen molar-refractivity contribution >= 4 is 23.5 Å². The maximum Gasteiger partial charge on any atom is 0.443 e. The van der Waals surface area contributed by atoms with Gasteiger partial charge in [-0.15, -0.1) is 21.5 Å². The van der Waals surface area contributed by atoms with E-state index in [0.717, 1.165) is 9.58 Å². The van der Waals surface area contributed by atoms with E-state index in [1.165, 1.54) is 11.8 Å². The normalized spacial score (nSPS) is 13.9. The van der Waals surface area contributed by atoms with Crippen LogP contribution in [0.25, 0.3) is 5.82 Å². The van der Waals surface area contributed by atoms with Gasteiger partial charge in [-0.25, -0.2) is 9.78 Å². The SMILES string of the molecule is O=C1CSc2ccc(-n3nc(CCCO)oc3=O)nc2N1. The fourth-order valence-corrected chi connectivity index (χ4v) is 2.62. The van der Waals surface area contributed by atoms with Gasteiger partial charge in [0.2, 0.25) is 11.8 Å². The second-order valence-electron chi connectivity index (χ2n) is 4.35. The Morgan fingerprint density at radius 3 is 3.10 bits per heavy atom. The first-order valence-electron chi connectivity index (χ1n) is 6.31. The number of carbonyl (C=O) groups excluding carboxylic acids is 1. The van der Waals surface area contributed by atoms with Crippen molar-refractivity contribution in [2.24, 2.45) is 0 Å². The van der Waals surface area contributed by atoms with Gasteiger partial charge in [-0.3, -0.25) is 4.79 Å². The lowest BCUT2D eigenvalue weighted by atomic mass is 10.3. The molecule has 1 aliphatic heterocycles. The molecule has 0 radical (unpaired) electrons. The van der Waals surface area contributed by atoms with Crippen molar-refractivity contribution in [3.63, 3.8) is 0 Å². The molecule has 0 aliphatic carbocycles. The summed E-state index contributed by atoms with van der Waals surface area (Å²) in [7, 11) is 0. The van der Waals surface area contributed by atoms with Crippen LogP contribution in [0.4, 0.5) is 5.82 Å². The lowest BCUT2D eigenvalue weighted by molar-refractivity contribution is -0.113. The second kappa shape index (κ2) is 5.70. The number of rotatable bonds is 4. The number of amides is 1. The van der Waals surface area contributed by atoms with Gasteiger partial charge in [0.25, 0.3) is 0 Å². The van der Waals surface area contributed by atoms with Crippen LogP contribution in [0, 0.1) is 0 Å². The number of anilines is 1. The lowest BCUT2D eigenvalue weighted by Gasteiger charge is -2.15. The zero-order valence-electron chi connectivity index (χ0n) is 10.9. The number of thioether (sulfide) groups is 1. The minimum atomic E-state index is -0.648. The number of hydrogen-bond acceptors (Lipinski definition) is 7. The van der Waals surface area contributed by atoms with Crippen molar-refractivity contribution in [1.29, 1.82) is 0 Å². The molecule has 0 saturated carbocycles. The molecule has 2 N–H and O–H groups in total. The number of carbonyl (C=O) groups is 1. The number of aliphatic hydroxyl groups is 1. The van der Waals surface area contributed by atoms with Crippen molar-refractivity contribution in [2.75, 3.05) is 17.7 Å². The molecule has 2 aromatic heterocycles. The van der Waals surface area contributed by atoms with E-state index in [-0.39, 0.29) is 24.2 Å². The highest BCUT2D eigenvalue weighted by Crippen LogP contribution is 2.30. The van der Waals surface area contributed by atoms with Crippen LogP contribution in [-0.2, 0) is 11.2 Å². The van der Waals surface area contributed by atoms with Crippen molar-refractivity contribution in [1.82, 2.24) is 14.8 Å². The molecule has 3 heterocycles. The molecule has 0 unspecified atom stereocenters. The number of fused-ring (bicyclic) bond motifs is 1. The van der Waals surface area contributed by atoms with E-state index in [2.05, 4.69) is 15.4 Å². The predicted octanol–water partition coefficient (Wildman–Crippen LogP) is 0.190. The van der Waals surface area contributed by atoms with Crippen LogP contribution in [0.3, 0.4) is 0 Å². The highest BCUT2D eigenvalue weighted by atomic mass is 32.2. The number of hydrogen-bond donors (Lipinski definition) is 2. The summed E-state index contributed by atoms with van der Waals surface area (Å²) in [6.07, 6.45) is 0.834. The number of aryl methyl sites for hydroxylation is 1. The predicted molar refractivity (Wildman–Crippen MR) is 74.7 cm³/mol. The summed E-state index contributed by atoms with van der Waals surface area (Å²) >= 11 is 1.39. The summed E-state index contributed by atoms with van der Waals surface area (Å²) < 4.78 is 6.03. The smallest absolute Gasteiger partial charge is 0.396 e.